The van der Waals surface area contributed by atoms with Crippen LogP contribution in [0.4, 0.5) is 0 Å². The molecule has 0 aliphatic heterocycles. The molecular weight excluding hydrogens is 408 g/mol. The summed E-state index contributed by atoms with van der Waals surface area (Å²) in [6.07, 6.45) is 4.35. The van der Waals surface area contributed by atoms with Gasteiger partial charge in [0.1, 0.15) is 10.5 Å². The molecule has 0 unspecified atom stereocenters. The van der Waals surface area contributed by atoms with Crippen molar-refractivity contribution in [2.75, 3.05) is 0 Å². The molecule has 4 heterocycles. The molecule has 0 bridgehead atoms. The van der Waals surface area contributed by atoms with E-state index in [0.29, 0.717) is 12.1 Å². The number of H-pyrrole nitrogens is 1. The van der Waals surface area contributed by atoms with Gasteiger partial charge in [-0.25, -0.2) is 9.67 Å². The van der Waals surface area contributed by atoms with Gasteiger partial charge in [-0.05, 0) is 17.2 Å². The average Bonchev–Trinajstić information content (AvgIpc) is 3.48. The SMILES string of the molecule is Cn1c2nc(Cc3ccccc3)sc2c2cnn(Cc3cccc4[nH]ncc34)c(=O)c21. The Balaban J connectivity index is 1.43. The molecule has 1 N–H and O–H groups in total. The Morgan fingerprint density at radius 3 is 2.77 bits per heavy atom. The van der Waals surface area contributed by atoms with Gasteiger partial charge in [0.15, 0.2) is 5.65 Å². The maximum Gasteiger partial charge on any atom is 0.291 e. The fourth-order valence-electron chi connectivity index (χ4n) is 4.12. The molecule has 0 atom stereocenters. The van der Waals surface area contributed by atoms with Gasteiger partial charge in [0.05, 0.1) is 29.2 Å². The Kier molecular flexibility index (Phi) is 4.00. The van der Waals surface area contributed by atoms with Gasteiger partial charge in [-0.2, -0.15) is 10.2 Å². The van der Waals surface area contributed by atoms with E-state index in [4.69, 9.17) is 4.98 Å². The second kappa shape index (κ2) is 6.88. The molecule has 152 valence electrons. The van der Waals surface area contributed by atoms with Crippen molar-refractivity contribution in [3.05, 3.63) is 87.4 Å². The Bertz CT molecular complexity index is 1620. The summed E-state index contributed by atoms with van der Waals surface area (Å²) in [5, 5.41) is 14.4. The summed E-state index contributed by atoms with van der Waals surface area (Å²) < 4.78 is 4.42. The fourth-order valence-corrected chi connectivity index (χ4v) is 5.26. The van der Waals surface area contributed by atoms with E-state index < -0.39 is 0 Å². The van der Waals surface area contributed by atoms with Crippen molar-refractivity contribution in [3.63, 3.8) is 0 Å². The maximum absolute atomic E-state index is 13.3. The van der Waals surface area contributed by atoms with Gasteiger partial charge >= 0.3 is 0 Å². The van der Waals surface area contributed by atoms with Crippen LogP contribution in [-0.4, -0.2) is 29.5 Å². The third kappa shape index (κ3) is 2.87. The van der Waals surface area contributed by atoms with Gasteiger partial charge < -0.3 is 4.57 Å². The molecule has 0 saturated carbocycles. The van der Waals surface area contributed by atoms with Gasteiger partial charge in [0, 0.05) is 24.2 Å². The number of thiazole rings is 1. The van der Waals surface area contributed by atoms with Gasteiger partial charge in [-0.1, -0.05) is 42.5 Å². The summed E-state index contributed by atoms with van der Waals surface area (Å²) in [6.45, 7) is 0.386. The normalized spacial score (nSPS) is 11.8. The van der Waals surface area contributed by atoms with Gasteiger partial charge in [0.25, 0.3) is 5.56 Å². The molecule has 8 heteroatoms. The monoisotopic (exact) mass is 426 g/mol. The molecular formula is C23H18N6OS. The average molecular weight is 427 g/mol. The summed E-state index contributed by atoms with van der Waals surface area (Å²) >= 11 is 1.63. The van der Waals surface area contributed by atoms with Crippen molar-refractivity contribution in [2.24, 2.45) is 7.05 Å². The van der Waals surface area contributed by atoms with Gasteiger partial charge in [-0.15, -0.1) is 11.3 Å². The first-order valence-corrected chi connectivity index (χ1v) is 10.8. The number of rotatable bonds is 4. The number of aromatic amines is 1. The number of hydrogen-bond donors (Lipinski definition) is 1. The van der Waals surface area contributed by atoms with E-state index in [0.717, 1.165) is 43.6 Å². The van der Waals surface area contributed by atoms with Crippen molar-refractivity contribution in [1.82, 2.24) is 29.5 Å². The molecule has 0 saturated heterocycles. The second-order valence-electron chi connectivity index (χ2n) is 7.60. The van der Waals surface area contributed by atoms with Crippen LogP contribution in [-0.2, 0) is 20.0 Å². The second-order valence-corrected chi connectivity index (χ2v) is 8.68. The Labute approximate surface area is 180 Å². The van der Waals surface area contributed by atoms with Crippen LogP contribution < -0.4 is 5.56 Å². The fraction of sp³-hybridized carbons (Fsp3) is 0.130. The number of aryl methyl sites for hydroxylation is 1. The van der Waals surface area contributed by atoms with E-state index in [2.05, 4.69) is 27.4 Å². The van der Waals surface area contributed by atoms with Crippen LogP contribution in [0.1, 0.15) is 16.1 Å². The molecule has 4 aromatic heterocycles. The molecule has 0 amide bonds. The quantitative estimate of drug-likeness (QED) is 0.464. The lowest BCUT2D eigenvalue weighted by molar-refractivity contribution is 0.647. The zero-order valence-electron chi connectivity index (χ0n) is 16.7. The minimum absolute atomic E-state index is 0.115. The van der Waals surface area contributed by atoms with Crippen LogP contribution in [0.25, 0.3) is 32.2 Å². The van der Waals surface area contributed by atoms with E-state index in [-0.39, 0.29) is 5.56 Å². The van der Waals surface area contributed by atoms with Crippen LogP contribution in [0.15, 0.2) is 65.7 Å². The van der Waals surface area contributed by atoms with Crippen molar-refractivity contribution in [2.45, 2.75) is 13.0 Å². The Morgan fingerprint density at radius 2 is 1.90 bits per heavy atom. The smallest absolute Gasteiger partial charge is 0.291 e. The number of nitrogens with zero attached hydrogens (tertiary/aromatic N) is 5. The topological polar surface area (TPSA) is 81.4 Å². The number of benzene rings is 2. The van der Waals surface area contributed by atoms with E-state index in [9.17, 15) is 4.79 Å². The molecule has 7 nitrogen and oxygen atoms in total. The highest BCUT2D eigenvalue weighted by atomic mass is 32.1. The summed E-state index contributed by atoms with van der Waals surface area (Å²) in [7, 11) is 1.90. The Morgan fingerprint density at radius 1 is 1.03 bits per heavy atom. The van der Waals surface area contributed by atoms with Crippen molar-refractivity contribution in [3.8, 4) is 0 Å². The molecule has 6 rings (SSSR count). The lowest BCUT2D eigenvalue weighted by Gasteiger charge is -2.07. The lowest BCUT2D eigenvalue weighted by atomic mass is 10.1. The first-order chi connectivity index (χ1) is 15.2. The standard InChI is InChI=1S/C23H18N6OS/c1-28-20-17(21-22(28)26-19(31-21)10-14-6-3-2-4-7-14)12-25-29(23(20)30)13-15-8-5-9-18-16(15)11-24-27-18/h2-9,11-12H,10,13H2,1H3,(H,24,27). The first-order valence-electron chi connectivity index (χ1n) is 9.98. The molecule has 2 aromatic carbocycles. The molecule has 0 fully saturated rings. The predicted molar refractivity (Wildman–Crippen MR) is 123 cm³/mol. The lowest BCUT2D eigenvalue weighted by Crippen LogP contribution is -2.24. The van der Waals surface area contributed by atoms with Crippen LogP contribution in [0.5, 0.6) is 0 Å². The van der Waals surface area contributed by atoms with E-state index in [1.807, 2.05) is 48.0 Å². The number of fused-ring (bicyclic) bond motifs is 4. The molecule has 0 aliphatic rings. The minimum Gasteiger partial charge on any atom is -0.323 e. The zero-order chi connectivity index (χ0) is 20.9. The van der Waals surface area contributed by atoms with Crippen LogP contribution >= 0.6 is 11.3 Å². The molecule has 6 aromatic rings. The van der Waals surface area contributed by atoms with Crippen LogP contribution in [0.2, 0.25) is 0 Å². The summed E-state index contributed by atoms with van der Waals surface area (Å²) in [5.41, 5.74) is 4.52. The Hall–Kier alpha value is -3.78. The summed E-state index contributed by atoms with van der Waals surface area (Å²) in [4.78, 5) is 18.1. The minimum atomic E-state index is -0.115. The van der Waals surface area contributed by atoms with E-state index in [1.54, 1.807) is 23.7 Å². The summed E-state index contributed by atoms with van der Waals surface area (Å²) in [5.74, 6) is 0. The van der Waals surface area contributed by atoms with Gasteiger partial charge in [-0.3, -0.25) is 9.89 Å². The largest absolute Gasteiger partial charge is 0.323 e. The molecule has 0 radical (unpaired) electrons. The summed E-state index contributed by atoms with van der Waals surface area (Å²) in [6, 6.07) is 16.2. The van der Waals surface area contributed by atoms with Crippen molar-refractivity contribution in [1.29, 1.82) is 0 Å². The van der Waals surface area contributed by atoms with Crippen LogP contribution in [0.3, 0.4) is 0 Å². The molecule has 31 heavy (non-hydrogen) atoms. The maximum atomic E-state index is 13.3. The van der Waals surface area contributed by atoms with Crippen molar-refractivity contribution >= 4 is 43.5 Å². The number of aromatic nitrogens is 6. The zero-order valence-corrected chi connectivity index (χ0v) is 17.6. The highest BCUT2D eigenvalue weighted by Gasteiger charge is 2.18. The highest BCUT2D eigenvalue weighted by Crippen LogP contribution is 2.31. The van der Waals surface area contributed by atoms with Crippen LogP contribution in [0, 0.1) is 0 Å². The van der Waals surface area contributed by atoms with E-state index >= 15 is 0 Å². The number of hydrogen-bond acceptors (Lipinski definition) is 5. The van der Waals surface area contributed by atoms with Crippen molar-refractivity contribution < 1.29 is 0 Å². The third-order valence-corrected chi connectivity index (χ3v) is 6.74. The number of nitrogens with one attached hydrogen (secondary N) is 1. The predicted octanol–water partition coefficient (Wildman–Crippen LogP) is 3.86. The molecule has 0 spiro atoms. The highest BCUT2D eigenvalue weighted by molar-refractivity contribution is 7.19. The van der Waals surface area contributed by atoms with Gasteiger partial charge in [0.2, 0.25) is 0 Å². The van der Waals surface area contributed by atoms with E-state index in [1.165, 1.54) is 10.2 Å². The third-order valence-electron chi connectivity index (χ3n) is 5.66. The molecule has 0 aliphatic carbocycles. The first kappa shape index (κ1) is 18.0.